The van der Waals surface area contributed by atoms with Gasteiger partial charge in [-0.3, -0.25) is 9.48 Å². The van der Waals surface area contributed by atoms with E-state index in [0.717, 1.165) is 5.69 Å². The fraction of sp³-hybridized carbons (Fsp3) is 0.300. The number of carbonyl (C=O) groups is 1. The number of furan rings is 1. The maximum atomic E-state index is 12.5. The smallest absolute Gasteiger partial charge is 0.387 e. The number of hydrogen-bond donors (Lipinski definition) is 1. The number of rotatable bonds is 8. The third-order valence-corrected chi connectivity index (χ3v) is 4.75. The molecule has 0 atom stereocenters. The standard InChI is InChI=1S/C20H20ClF2N3O4/c1-4-28-17-9-13(5-7-15(17)30-20(22)23)24-19(27)16-8-6-14(29-16)10-26-12(3)18(21)11(2)25-26/h5-9,20H,4,10H2,1-3H3,(H,24,27). The van der Waals surface area contributed by atoms with Gasteiger partial charge in [0.1, 0.15) is 5.76 Å². The monoisotopic (exact) mass is 439 g/mol. The second kappa shape index (κ2) is 9.17. The van der Waals surface area contributed by atoms with Crippen molar-refractivity contribution in [2.45, 2.75) is 33.9 Å². The van der Waals surface area contributed by atoms with Crippen LogP contribution in [0.1, 0.15) is 34.6 Å². The third-order valence-electron chi connectivity index (χ3n) is 4.20. The van der Waals surface area contributed by atoms with Crippen molar-refractivity contribution in [1.82, 2.24) is 9.78 Å². The minimum atomic E-state index is -2.98. The summed E-state index contributed by atoms with van der Waals surface area (Å²) < 4.78 is 42.0. The van der Waals surface area contributed by atoms with Crippen LogP contribution < -0.4 is 14.8 Å². The van der Waals surface area contributed by atoms with Crippen LogP contribution in [0.3, 0.4) is 0 Å². The van der Waals surface area contributed by atoms with Gasteiger partial charge in [0.15, 0.2) is 17.3 Å². The lowest BCUT2D eigenvalue weighted by atomic mass is 10.2. The van der Waals surface area contributed by atoms with Crippen molar-refractivity contribution >= 4 is 23.2 Å². The molecule has 3 aromatic rings. The van der Waals surface area contributed by atoms with E-state index in [1.807, 2.05) is 6.92 Å². The number of ether oxygens (including phenoxy) is 2. The van der Waals surface area contributed by atoms with E-state index >= 15 is 0 Å². The van der Waals surface area contributed by atoms with E-state index in [4.69, 9.17) is 20.8 Å². The Hall–Kier alpha value is -3.07. The van der Waals surface area contributed by atoms with E-state index in [-0.39, 0.29) is 23.9 Å². The minimum absolute atomic E-state index is 0.0866. The normalized spacial score (nSPS) is 11.0. The van der Waals surface area contributed by atoms with Gasteiger partial charge < -0.3 is 19.2 Å². The van der Waals surface area contributed by atoms with Gasteiger partial charge in [-0.1, -0.05) is 11.6 Å². The molecule has 0 radical (unpaired) electrons. The van der Waals surface area contributed by atoms with Gasteiger partial charge in [0.2, 0.25) is 0 Å². The van der Waals surface area contributed by atoms with Gasteiger partial charge >= 0.3 is 6.61 Å². The number of halogens is 3. The Morgan fingerprint density at radius 1 is 1.27 bits per heavy atom. The minimum Gasteiger partial charge on any atom is -0.490 e. The van der Waals surface area contributed by atoms with Gasteiger partial charge in [0.05, 0.1) is 29.6 Å². The van der Waals surface area contributed by atoms with Gasteiger partial charge in [-0.25, -0.2) is 0 Å². The van der Waals surface area contributed by atoms with E-state index in [2.05, 4.69) is 15.2 Å². The molecule has 30 heavy (non-hydrogen) atoms. The fourth-order valence-corrected chi connectivity index (χ4v) is 2.94. The Kier molecular flexibility index (Phi) is 6.61. The van der Waals surface area contributed by atoms with E-state index in [1.54, 1.807) is 24.6 Å². The van der Waals surface area contributed by atoms with Crippen LogP contribution >= 0.6 is 11.6 Å². The lowest BCUT2D eigenvalue weighted by molar-refractivity contribution is -0.0514. The highest BCUT2D eigenvalue weighted by atomic mass is 35.5. The maximum absolute atomic E-state index is 12.5. The number of amides is 1. The van der Waals surface area contributed by atoms with Gasteiger partial charge in [-0.05, 0) is 45.0 Å². The number of hydrogen-bond acceptors (Lipinski definition) is 5. The van der Waals surface area contributed by atoms with Crippen LogP contribution in [-0.4, -0.2) is 28.9 Å². The van der Waals surface area contributed by atoms with Crippen molar-refractivity contribution in [3.8, 4) is 11.5 Å². The molecule has 0 aliphatic heterocycles. The Morgan fingerprint density at radius 3 is 2.67 bits per heavy atom. The molecule has 1 amide bonds. The molecule has 160 valence electrons. The molecule has 10 heteroatoms. The van der Waals surface area contributed by atoms with Crippen LogP contribution in [0.2, 0.25) is 5.02 Å². The molecule has 0 aliphatic carbocycles. The number of alkyl halides is 2. The average molecular weight is 440 g/mol. The lowest BCUT2D eigenvalue weighted by Gasteiger charge is -2.13. The van der Waals surface area contributed by atoms with Crippen molar-refractivity contribution in [2.75, 3.05) is 11.9 Å². The topological polar surface area (TPSA) is 78.5 Å². The van der Waals surface area contributed by atoms with E-state index in [1.165, 1.54) is 24.3 Å². The number of anilines is 1. The molecule has 2 heterocycles. The van der Waals surface area contributed by atoms with Crippen molar-refractivity contribution in [1.29, 1.82) is 0 Å². The van der Waals surface area contributed by atoms with Crippen LogP contribution in [0.5, 0.6) is 11.5 Å². The molecule has 0 aliphatic rings. The Bertz CT molecular complexity index is 1050. The molecule has 7 nitrogen and oxygen atoms in total. The summed E-state index contributed by atoms with van der Waals surface area (Å²) in [7, 11) is 0. The summed E-state index contributed by atoms with van der Waals surface area (Å²) >= 11 is 6.15. The van der Waals surface area contributed by atoms with Crippen LogP contribution in [0, 0.1) is 13.8 Å². The first-order chi connectivity index (χ1) is 14.3. The molecular formula is C20H20ClF2N3O4. The zero-order valence-corrected chi connectivity index (χ0v) is 17.3. The number of nitrogens with one attached hydrogen (secondary N) is 1. The SMILES string of the molecule is CCOc1cc(NC(=O)c2ccc(Cn3nc(C)c(Cl)c3C)o2)ccc1OC(F)F. The molecule has 0 saturated heterocycles. The van der Waals surface area contributed by atoms with Crippen LogP contribution in [0.15, 0.2) is 34.7 Å². The molecule has 3 rings (SSSR count). The zero-order valence-electron chi connectivity index (χ0n) is 16.5. The Balaban J connectivity index is 1.72. The Labute approximate surface area is 176 Å². The molecule has 0 fully saturated rings. The summed E-state index contributed by atoms with van der Waals surface area (Å²) in [6, 6.07) is 7.34. The number of aryl methyl sites for hydroxylation is 1. The summed E-state index contributed by atoms with van der Waals surface area (Å²) in [6.07, 6.45) is 0. The molecule has 0 spiro atoms. The first-order valence-corrected chi connectivity index (χ1v) is 9.47. The second-order valence-corrected chi connectivity index (χ2v) is 6.71. The third kappa shape index (κ3) is 4.91. The summed E-state index contributed by atoms with van der Waals surface area (Å²) in [6.45, 7) is 2.94. The first kappa shape index (κ1) is 21.6. The number of carbonyl (C=O) groups excluding carboxylic acids is 1. The molecular weight excluding hydrogens is 420 g/mol. The van der Waals surface area contributed by atoms with Crippen LogP contribution in [-0.2, 0) is 6.54 Å². The van der Waals surface area contributed by atoms with Crippen molar-refractivity contribution in [2.24, 2.45) is 0 Å². The fourth-order valence-electron chi connectivity index (χ4n) is 2.80. The molecule has 1 aromatic carbocycles. The molecule has 2 aromatic heterocycles. The van der Waals surface area contributed by atoms with E-state index in [9.17, 15) is 13.6 Å². The number of benzene rings is 1. The predicted molar refractivity (Wildman–Crippen MR) is 107 cm³/mol. The van der Waals surface area contributed by atoms with Crippen molar-refractivity contribution in [3.05, 3.63) is 58.3 Å². The van der Waals surface area contributed by atoms with Crippen molar-refractivity contribution in [3.63, 3.8) is 0 Å². The van der Waals surface area contributed by atoms with Gasteiger partial charge in [-0.15, -0.1) is 0 Å². The zero-order chi connectivity index (χ0) is 21.8. The molecule has 0 bridgehead atoms. The highest BCUT2D eigenvalue weighted by Crippen LogP contribution is 2.32. The molecule has 0 saturated carbocycles. The van der Waals surface area contributed by atoms with Crippen LogP contribution in [0.4, 0.5) is 14.5 Å². The van der Waals surface area contributed by atoms with Crippen LogP contribution in [0.25, 0.3) is 0 Å². The quantitative estimate of drug-likeness (QED) is 0.531. The Morgan fingerprint density at radius 2 is 2.03 bits per heavy atom. The summed E-state index contributed by atoms with van der Waals surface area (Å²) in [5.74, 6) is 0.0880. The van der Waals surface area contributed by atoms with Crippen molar-refractivity contribution < 1.29 is 27.5 Å². The van der Waals surface area contributed by atoms with E-state index < -0.39 is 12.5 Å². The average Bonchev–Trinajstić information content (AvgIpc) is 3.25. The summed E-state index contributed by atoms with van der Waals surface area (Å²) in [5.41, 5.74) is 1.85. The van der Waals surface area contributed by atoms with Gasteiger partial charge in [-0.2, -0.15) is 13.9 Å². The van der Waals surface area contributed by atoms with Gasteiger partial charge in [0.25, 0.3) is 5.91 Å². The van der Waals surface area contributed by atoms with Gasteiger partial charge in [0, 0.05) is 11.8 Å². The largest absolute Gasteiger partial charge is 0.490 e. The summed E-state index contributed by atoms with van der Waals surface area (Å²) in [5, 5.41) is 7.55. The van der Waals surface area contributed by atoms with E-state index in [0.29, 0.717) is 28.7 Å². The molecule has 0 unspecified atom stereocenters. The predicted octanol–water partition coefficient (Wildman–Crippen LogP) is 5.05. The highest BCUT2D eigenvalue weighted by molar-refractivity contribution is 6.31. The second-order valence-electron chi connectivity index (χ2n) is 6.34. The number of aromatic nitrogens is 2. The number of nitrogens with zero attached hydrogens (tertiary/aromatic N) is 2. The first-order valence-electron chi connectivity index (χ1n) is 9.09. The lowest BCUT2D eigenvalue weighted by Crippen LogP contribution is -2.11. The maximum Gasteiger partial charge on any atom is 0.387 e. The highest BCUT2D eigenvalue weighted by Gasteiger charge is 2.16. The summed E-state index contributed by atoms with van der Waals surface area (Å²) in [4.78, 5) is 12.5. The molecule has 1 N–H and O–H groups in total.